The van der Waals surface area contributed by atoms with Crippen molar-refractivity contribution in [2.24, 2.45) is 0 Å². The maximum Gasteiger partial charge on any atom is 0.292 e. The molecule has 1 aliphatic rings. The number of hydrogen-bond donors (Lipinski definition) is 2. The third-order valence-corrected chi connectivity index (χ3v) is 6.83. The van der Waals surface area contributed by atoms with Gasteiger partial charge in [-0.3, -0.25) is 9.59 Å². The number of likely N-dealkylation sites (tertiary alicyclic amines) is 1. The molecule has 1 saturated heterocycles. The largest absolute Gasteiger partial charge is 0.493 e. The molecule has 212 valence electrons. The number of nitrogens with zero attached hydrogens (tertiary/aromatic N) is 1. The van der Waals surface area contributed by atoms with Crippen LogP contribution in [0, 0.1) is 11.6 Å². The average Bonchev–Trinajstić information content (AvgIpc) is 3.46. The van der Waals surface area contributed by atoms with Crippen molar-refractivity contribution in [1.82, 2.24) is 10.2 Å². The van der Waals surface area contributed by atoms with Crippen LogP contribution in [0.25, 0.3) is 11.1 Å². The minimum absolute atomic E-state index is 0.0622. The van der Waals surface area contributed by atoms with Crippen LogP contribution in [-0.4, -0.2) is 60.6 Å². The minimum atomic E-state index is -1.32. The Balaban J connectivity index is 1.54. The van der Waals surface area contributed by atoms with E-state index in [-0.39, 0.29) is 41.1 Å². The fourth-order valence-electron chi connectivity index (χ4n) is 4.78. The number of amides is 1. The number of ketones is 1. The second kappa shape index (κ2) is 13.0. The molecule has 1 amide bonds. The molecular weight excluding hydrogens is 518 g/mol. The van der Waals surface area contributed by atoms with Gasteiger partial charge in [0.15, 0.2) is 17.3 Å². The lowest BCUT2D eigenvalue weighted by Crippen LogP contribution is -2.48. The predicted molar refractivity (Wildman–Crippen MR) is 147 cm³/mol. The molecule has 9 heteroatoms. The van der Waals surface area contributed by atoms with Crippen molar-refractivity contribution in [1.29, 1.82) is 0 Å². The molecule has 1 fully saturated rings. The molecule has 7 nitrogen and oxygen atoms in total. The van der Waals surface area contributed by atoms with Crippen molar-refractivity contribution in [2.45, 2.75) is 44.9 Å². The number of ether oxygens (including phenoxy) is 2. The van der Waals surface area contributed by atoms with E-state index in [2.05, 4.69) is 10.2 Å². The van der Waals surface area contributed by atoms with Crippen LogP contribution in [0.15, 0.2) is 60.7 Å². The first-order valence-electron chi connectivity index (χ1n) is 13.3. The quantitative estimate of drug-likeness (QED) is 0.259. The SMILES string of the molecule is COc1cc([C@@H](O)[C@@H](CN2CCCC2)NC(=O)C(=O)c2ccc(-c3ccc(F)cc3)cc2)cc(F)c1OC(C)C. The van der Waals surface area contributed by atoms with Crippen LogP contribution < -0.4 is 14.8 Å². The second-order valence-corrected chi connectivity index (χ2v) is 10.1. The maximum absolute atomic E-state index is 15.0. The van der Waals surface area contributed by atoms with Crippen molar-refractivity contribution in [2.75, 3.05) is 26.7 Å². The summed E-state index contributed by atoms with van der Waals surface area (Å²) < 4.78 is 39.1. The summed E-state index contributed by atoms with van der Waals surface area (Å²) in [6.07, 6.45) is 0.353. The molecule has 2 atom stereocenters. The minimum Gasteiger partial charge on any atom is -0.493 e. The van der Waals surface area contributed by atoms with Gasteiger partial charge in [0.25, 0.3) is 5.91 Å². The summed E-state index contributed by atoms with van der Waals surface area (Å²) in [5.41, 5.74) is 1.89. The fraction of sp³-hybridized carbons (Fsp3) is 0.355. The monoisotopic (exact) mass is 552 g/mol. The number of carbonyl (C=O) groups is 2. The fourth-order valence-corrected chi connectivity index (χ4v) is 4.78. The highest BCUT2D eigenvalue weighted by atomic mass is 19.1. The van der Waals surface area contributed by atoms with Crippen molar-refractivity contribution in [3.63, 3.8) is 0 Å². The van der Waals surface area contributed by atoms with Crippen LogP contribution >= 0.6 is 0 Å². The van der Waals surface area contributed by atoms with Gasteiger partial charge in [-0.05, 0) is 80.7 Å². The van der Waals surface area contributed by atoms with E-state index in [4.69, 9.17) is 9.47 Å². The number of halogens is 2. The van der Waals surface area contributed by atoms with Crippen molar-refractivity contribution in [3.8, 4) is 22.6 Å². The molecule has 4 rings (SSSR count). The molecule has 0 radical (unpaired) electrons. The lowest BCUT2D eigenvalue weighted by atomic mass is 9.99. The van der Waals surface area contributed by atoms with Crippen molar-refractivity contribution >= 4 is 11.7 Å². The molecule has 0 saturated carbocycles. The zero-order chi connectivity index (χ0) is 28.8. The van der Waals surface area contributed by atoms with Gasteiger partial charge in [0.05, 0.1) is 19.3 Å². The van der Waals surface area contributed by atoms with Crippen molar-refractivity contribution in [3.05, 3.63) is 83.4 Å². The van der Waals surface area contributed by atoms with Gasteiger partial charge in [-0.2, -0.15) is 0 Å². The van der Waals surface area contributed by atoms with Crippen LogP contribution in [-0.2, 0) is 4.79 Å². The molecule has 2 N–H and O–H groups in total. The zero-order valence-corrected chi connectivity index (χ0v) is 22.8. The summed E-state index contributed by atoms with van der Waals surface area (Å²) in [5, 5.41) is 14.0. The number of aliphatic hydroxyl groups is 1. The molecule has 1 aliphatic heterocycles. The van der Waals surface area contributed by atoms with Crippen LogP contribution in [0.5, 0.6) is 11.5 Å². The molecule has 0 aromatic heterocycles. The smallest absolute Gasteiger partial charge is 0.292 e. The van der Waals surface area contributed by atoms with Gasteiger partial charge < -0.3 is 24.8 Å². The highest BCUT2D eigenvalue weighted by Gasteiger charge is 2.30. The van der Waals surface area contributed by atoms with Gasteiger partial charge in [0, 0.05) is 12.1 Å². The van der Waals surface area contributed by atoms with E-state index in [1.165, 1.54) is 37.4 Å². The molecule has 40 heavy (non-hydrogen) atoms. The summed E-state index contributed by atoms with van der Waals surface area (Å²) >= 11 is 0. The Hall–Kier alpha value is -3.82. The summed E-state index contributed by atoms with van der Waals surface area (Å²) in [7, 11) is 1.38. The van der Waals surface area contributed by atoms with Gasteiger partial charge in [0.2, 0.25) is 5.78 Å². The normalized spacial score (nSPS) is 15.1. The number of nitrogens with one attached hydrogen (secondary N) is 1. The molecular formula is C31H34F2N2O5. The number of methoxy groups -OCH3 is 1. The molecule has 0 bridgehead atoms. The van der Waals surface area contributed by atoms with E-state index in [0.717, 1.165) is 43.1 Å². The Morgan fingerprint density at radius 3 is 2.15 bits per heavy atom. The Kier molecular flexibility index (Phi) is 9.50. The van der Waals surface area contributed by atoms with E-state index < -0.39 is 29.7 Å². The number of carbonyl (C=O) groups excluding carboxylic acids is 2. The summed E-state index contributed by atoms with van der Waals surface area (Å²) in [6, 6.07) is 14.1. The Bertz CT molecular complexity index is 1320. The van der Waals surface area contributed by atoms with E-state index >= 15 is 0 Å². The maximum atomic E-state index is 15.0. The van der Waals surface area contributed by atoms with E-state index in [1.807, 2.05) is 0 Å². The van der Waals surface area contributed by atoms with Crippen LogP contribution in [0.3, 0.4) is 0 Å². The molecule has 1 heterocycles. The summed E-state index contributed by atoms with van der Waals surface area (Å²) in [5.74, 6) is -2.65. The Labute approximate surface area is 232 Å². The first-order chi connectivity index (χ1) is 19.2. The number of Topliss-reactive ketones (excluding diaryl/α,β-unsaturated/α-hetero) is 1. The van der Waals surface area contributed by atoms with Crippen LogP contribution in [0.4, 0.5) is 8.78 Å². The highest BCUT2D eigenvalue weighted by Crippen LogP contribution is 2.35. The third kappa shape index (κ3) is 7.03. The van der Waals surface area contributed by atoms with E-state index in [1.54, 1.807) is 38.1 Å². The van der Waals surface area contributed by atoms with E-state index in [9.17, 15) is 23.5 Å². The Morgan fingerprint density at radius 2 is 1.57 bits per heavy atom. The van der Waals surface area contributed by atoms with Gasteiger partial charge in [0.1, 0.15) is 11.9 Å². The predicted octanol–water partition coefficient (Wildman–Crippen LogP) is 4.92. The molecule has 0 unspecified atom stereocenters. The van der Waals surface area contributed by atoms with Crippen molar-refractivity contribution < 1.29 is 33.0 Å². The van der Waals surface area contributed by atoms with E-state index in [0.29, 0.717) is 0 Å². The van der Waals surface area contributed by atoms with Gasteiger partial charge in [-0.1, -0.05) is 36.4 Å². The number of aliphatic hydroxyl groups excluding tert-OH is 1. The first kappa shape index (κ1) is 29.2. The number of hydrogen-bond acceptors (Lipinski definition) is 6. The number of rotatable bonds is 11. The van der Waals surface area contributed by atoms with Gasteiger partial charge in [-0.15, -0.1) is 0 Å². The lowest BCUT2D eigenvalue weighted by molar-refractivity contribution is -0.118. The average molecular weight is 553 g/mol. The standard InChI is InChI=1S/C31H34F2N2O5/c1-19(2)40-30-25(33)16-23(17-27(30)39-3)28(36)26(18-35-14-4-5-15-35)34-31(38)29(37)22-8-6-20(7-9-22)21-10-12-24(32)13-11-21/h6-13,16-17,19,26,28,36H,4-5,14-15,18H2,1-3H3,(H,34,38)/t26-,28-/m1/s1. The Morgan fingerprint density at radius 1 is 0.975 bits per heavy atom. The molecule has 3 aromatic carbocycles. The van der Waals surface area contributed by atoms with Gasteiger partial charge >= 0.3 is 0 Å². The second-order valence-electron chi connectivity index (χ2n) is 10.1. The lowest BCUT2D eigenvalue weighted by Gasteiger charge is -2.29. The molecule has 3 aromatic rings. The topological polar surface area (TPSA) is 88.1 Å². The first-order valence-corrected chi connectivity index (χ1v) is 13.3. The van der Waals surface area contributed by atoms with Gasteiger partial charge in [-0.25, -0.2) is 8.78 Å². The number of benzene rings is 3. The summed E-state index contributed by atoms with van der Waals surface area (Å²) in [4.78, 5) is 28.2. The van der Waals surface area contributed by atoms with Crippen LogP contribution in [0.2, 0.25) is 0 Å². The molecule has 0 spiro atoms. The van der Waals surface area contributed by atoms with Crippen LogP contribution in [0.1, 0.15) is 48.7 Å². The zero-order valence-electron chi connectivity index (χ0n) is 22.8. The highest BCUT2D eigenvalue weighted by molar-refractivity contribution is 6.42. The third-order valence-electron chi connectivity index (χ3n) is 6.83. The summed E-state index contributed by atoms with van der Waals surface area (Å²) in [6.45, 7) is 5.37. The molecule has 0 aliphatic carbocycles.